The van der Waals surface area contributed by atoms with E-state index in [0.717, 1.165) is 19.3 Å². The molecule has 2 heteroatoms. The average Bonchev–Trinajstić information content (AvgIpc) is 1.88. The molecule has 0 heterocycles. The van der Waals surface area contributed by atoms with Crippen molar-refractivity contribution in [2.45, 2.75) is 51.0 Å². The van der Waals surface area contributed by atoms with E-state index in [0.29, 0.717) is 6.42 Å². The maximum Gasteiger partial charge on any atom is 0.111 e. The van der Waals surface area contributed by atoms with Gasteiger partial charge in [0.2, 0.25) is 0 Å². The second-order valence-electron chi connectivity index (χ2n) is 2.75. The third-order valence-corrected chi connectivity index (χ3v) is 1.93. The maximum atomic E-state index is 12.8. The summed E-state index contributed by atoms with van der Waals surface area (Å²) in [6, 6.07) is 0. The summed E-state index contributed by atoms with van der Waals surface area (Å²) < 4.78 is 12.8. The number of hydrogen-bond acceptors (Lipinski definition) is 1. The highest BCUT2D eigenvalue weighted by Crippen LogP contribution is 2.13. The molecule has 0 amide bonds. The van der Waals surface area contributed by atoms with Crippen molar-refractivity contribution in [1.82, 2.24) is 0 Å². The lowest BCUT2D eigenvalue weighted by Crippen LogP contribution is -2.11. The lowest BCUT2D eigenvalue weighted by atomic mass is 10.1. The van der Waals surface area contributed by atoms with Crippen LogP contribution in [0.1, 0.15) is 39.5 Å². The molecule has 0 fully saturated rings. The Kier molecular flexibility index (Phi) is 6.19. The van der Waals surface area contributed by atoms with Crippen molar-refractivity contribution in [1.29, 1.82) is 0 Å². The zero-order chi connectivity index (χ0) is 7.98. The van der Waals surface area contributed by atoms with Gasteiger partial charge >= 0.3 is 0 Å². The van der Waals surface area contributed by atoms with Crippen LogP contribution in [0.5, 0.6) is 0 Å². The summed E-state index contributed by atoms with van der Waals surface area (Å²) in [6.45, 7) is 3.93. The van der Waals surface area contributed by atoms with Gasteiger partial charge in [-0.2, -0.15) is 12.6 Å². The fourth-order valence-electron chi connectivity index (χ4n) is 0.831. The minimum Gasteiger partial charge on any atom is -0.246 e. The van der Waals surface area contributed by atoms with Crippen LogP contribution in [-0.2, 0) is 0 Å². The highest BCUT2D eigenvalue weighted by Gasteiger charge is 2.10. The van der Waals surface area contributed by atoms with E-state index in [1.165, 1.54) is 0 Å². The molecule has 0 nitrogen and oxygen atoms in total. The Morgan fingerprint density at radius 2 is 2.00 bits per heavy atom. The molecule has 0 aromatic carbocycles. The van der Waals surface area contributed by atoms with Gasteiger partial charge in [-0.15, -0.1) is 0 Å². The fourth-order valence-corrected chi connectivity index (χ4v) is 0.980. The minimum atomic E-state index is -0.713. The van der Waals surface area contributed by atoms with E-state index in [-0.39, 0.29) is 5.25 Å². The Morgan fingerprint density at radius 1 is 1.40 bits per heavy atom. The molecule has 0 rings (SSSR count). The van der Waals surface area contributed by atoms with Crippen LogP contribution in [0.2, 0.25) is 0 Å². The predicted molar refractivity (Wildman–Crippen MR) is 47.5 cm³/mol. The number of unbranched alkanes of at least 4 members (excludes halogenated alkanes) is 2. The molecule has 0 radical (unpaired) electrons. The van der Waals surface area contributed by atoms with E-state index in [2.05, 4.69) is 19.6 Å². The first kappa shape index (κ1) is 10.3. The second-order valence-corrected chi connectivity index (χ2v) is 3.57. The molecule has 0 saturated heterocycles. The van der Waals surface area contributed by atoms with Gasteiger partial charge in [-0.1, -0.05) is 33.1 Å². The van der Waals surface area contributed by atoms with E-state index in [4.69, 9.17) is 0 Å². The minimum absolute atomic E-state index is 0.100. The number of hydrogen-bond donors (Lipinski definition) is 1. The molecule has 0 saturated carbocycles. The van der Waals surface area contributed by atoms with E-state index >= 15 is 0 Å². The normalized spacial score (nSPS) is 16.8. The van der Waals surface area contributed by atoms with Gasteiger partial charge < -0.3 is 0 Å². The third-order valence-electron chi connectivity index (χ3n) is 1.61. The second kappa shape index (κ2) is 6.02. The van der Waals surface area contributed by atoms with Crippen LogP contribution in [-0.4, -0.2) is 11.4 Å². The maximum absolute atomic E-state index is 12.8. The monoisotopic (exact) mass is 164 g/mol. The zero-order valence-electron chi connectivity index (χ0n) is 6.81. The highest BCUT2D eigenvalue weighted by molar-refractivity contribution is 7.81. The standard InChI is InChI=1S/C8H17FS/c1-3-4-5-6-8(9)7(2)10/h7-8,10H,3-6H2,1-2H3. The Balaban J connectivity index is 3.13. The summed E-state index contributed by atoms with van der Waals surface area (Å²) >= 11 is 4.02. The van der Waals surface area contributed by atoms with E-state index in [1.807, 2.05) is 0 Å². The number of rotatable bonds is 5. The molecule has 0 aromatic heterocycles. The van der Waals surface area contributed by atoms with Gasteiger partial charge in [-0.25, -0.2) is 4.39 Å². The van der Waals surface area contributed by atoms with Crippen molar-refractivity contribution in [3.8, 4) is 0 Å². The van der Waals surface area contributed by atoms with Gasteiger partial charge in [0.15, 0.2) is 0 Å². The first-order valence-corrected chi connectivity index (χ1v) is 4.52. The van der Waals surface area contributed by atoms with Crippen LogP contribution in [0.3, 0.4) is 0 Å². The average molecular weight is 164 g/mol. The van der Waals surface area contributed by atoms with Crippen molar-refractivity contribution in [2.24, 2.45) is 0 Å². The lowest BCUT2D eigenvalue weighted by Gasteiger charge is -2.09. The number of thiol groups is 1. The summed E-state index contributed by atoms with van der Waals surface area (Å²) in [5.74, 6) is 0. The third kappa shape index (κ3) is 5.10. The summed E-state index contributed by atoms with van der Waals surface area (Å²) in [5.41, 5.74) is 0. The molecular weight excluding hydrogens is 147 g/mol. The van der Waals surface area contributed by atoms with Crippen LogP contribution in [0.4, 0.5) is 4.39 Å². The topological polar surface area (TPSA) is 0 Å². The van der Waals surface area contributed by atoms with Crippen molar-refractivity contribution >= 4 is 12.6 Å². The van der Waals surface area contributed by atoms with Crippen molar-refractivity contribution in [2.75, 3.05) is 0 Å². The Bertz CT molecular complexity index is 73.7. The molecule has 0 spiro atoms. The number of halogens is 1. The number of alkyl halides is 1. The lowest BCUT2D eigenvalue weighted by molar-refractivity contribution is 0.305. The summed E-state index contributed by atoms with van der Waals surface area (Å²) in [7, 11) is 0. The van der Waals surface area contributed by atoms with Crippen LogP contribution >= 0.6 is 12.6 Å². The quantitative estimate of drug-likeness (QED) is 0.468. The summed E-state index contributed by atoms with van der Waals surface area (Å²) in [6.07, 6.45) is 3.27. The highest BCUT2D eigenvalue weighted by atomic mass is 32.1. The molecule has 2 atom stereocenters. The molecule has 62 valence electrons. The fraction of sp³-hybridized carbons (Fsp3) is 1.00. The van der Waals surface area contributed by atoms with Gasteiger partial charge in [-0.05, 0) is 6.42 Å². The molecule has 10 heavy (non-hydrogen) atoms. The van der Waals surface area contributed by atoms with Crippen molar-refractivity contribution in [3.63, 3.8) is 0 Å². The first-order chi connectivity index (χ1) is 4.68. The van der Waals surface area contributed by atoms with Gasteiger partial charge in [-0.3, -0.25) is 0 Å². The Hall–Kier alpha value is 0.280. The van der Waals surface area contributed by atoms with E-state index in [9.17, 15) is 4.39 Å². The van der Waals surface area contributed by atoms with Gasteiger partial charge in [0, 0.05) is 5.25 Å². The molecule has 0 aliphatic heterocycles. The molecule has 0 bridgehead atoms. The first-order valence-electron chi connectivity index (χ1n) is 4.00. The van der Waals surface area contributed by atoms with Crippen LogP contribution in [0, 0.1) is 0 Å². The van der Waals surface area contributed by atoms with Crippen molar-refractivity contribution in [3.05, 3.63) is 0 Å². The van der Waals surface area contributed by atoms with Gasteiger partial charge in [0.05, 0.1) is 0 Å². The van der Waals surface area contributed by atoms with Crippen molar-refractivity contribution < 1.29 is 4.39 Å². The van der Waals surface area contributed by atoms with E-state index < -0.39 is 6.17 Å². The van der Waals surface area contributed by atoms with Crippen LogP contribution in [0.25, 0.3) is 0 Å². The molecule has 0 aromatic rings. The molecule has 0 aliphatic rings. The molecule has 2 unspecified atom stereocenters. The van der Waals surface area contributed by atoms with Crippen LogP contribution in [0.15, 0.2) is 0 Å². The smallest absolute Gasteiger partial charge is 0.111 e. The molecule has 0 aliphatic carbocycles. The van der Waals surface area contributed by atoms with Gasteiger partial charge in [0.25, 0.3) is 0 Å². The largest absolute Gasteiger partial charge is 0.246 e. The Labute approximate surface area is 68.6 Å². The predicted octanol–water partition coefficient (Wildman–Crippen LogP) is 3.22. The SMILES string of the molecule is CCCCCC(F)C(C)S. The summed E-state index contributed by atoms with van der Waals surface area (Å²) in [5, 5.41) is -0.100. The van der Waals surface area contributed by atoms with E-state index in [1.54, 1.807) is 6.92 Å². The van der Waals surface area contributed by atoms with Crippen LogP contribution < -0.4 is 0 Å². The van der Waals surface area contributed by atoms with Gasteiger partial charge in [0.1, 0.15) is 6.17 Å². The Morgan fingerprint density at radius 3 is 2.40 bits per heavy atom. The summed E-state index contributed by atoms with van der Waals surface area (Å²) in [4.78, 5) is 0. The molecular formula is C8H17FS. The zero-order valence-corrected chi connectivity index (χ0v) is 7.70. The molecule has 0 N–H and O–H groups in total.